The molecular weight excluding hydrogens is 400 g/mol. The number of hydrogen-bond acceptors (Lipinski definition) is 4. The van der Waals surface area contributed by atoms with Gasteiger partial charge in [0.05, 0.1) is 5.25 Å². The van der Waals surface area contributed by atoms with E-state index >= 15 is 0 Å². The number of hydrogen-bond donors (Lipinski definition) is 3. The Labute approximate surface area is 172 Å². The van der Waals surface area contributed by atoms with E-state index in [1.807, 2.05) is 0 Å². The predicted octanol–water partition coefficient (Wildman–Crippen LogP) is 4.43. The van der Waals surface area contributed by atoms with Crippen molar-refractivity contribution in [2.45, 2.75) is 24.0 Å². The molecule has 1 unspecified atom stereocenters. The molecule has 0 heterocycles. The highest BCUT2D eigenvalue weighted by Crippen LogP contribution is 2.26. The van der Waals surface area contributed by atoms with E-state index in [9.17, 15) is 14.4 Å². The second-order valence-corrected chi connectivity index (χ2v) is 7.76. The first-order valence-electron chi connectivity index (χ1n) is 8.30. The molecule has 2 rings (SSSR count). The van der Waals surface area contributed by atoms with Crippen molar-refractivity contribution in [1.82, 2.24) is 0 Å². The van der Waals surface area contributed by atoms with Crippen molar-refractivity contribution in [2.75, 3.05) is 10.6 Å². The molecule has 2 amide bonds. The van der Waals surface area contributed by atoms with Crippen molar-refractivity contribution in [3.05, 3.63) is 65.2 Å². The summed E-state index contributed by atoms with van der Waals surface area (Å²) in [6.45, 7) is 3.14. The Bertz CT molecular complexity index is 913. The lowest BCUT2D eigenvalue weighted by molar-refractivity contribution is -0.132. The van der Waals surface area contributed by atoms with E-state index in [0.29, 0.717) is 16.4 Å². The second kappa shape index (κ2) is 9.96. The lowest BCUT2D eigenvalue weighted by atomic mass is 10.2. The number of benzene rings is 2. The number of carbonyl (C=O) groups excluding carboxylic acids is 2. The van der Waals surface area contributed by atoms with Crippen LogP contribution in [0.3, 0.4) is 0 Å². The molecular formula is C20H19ClN2O4S. The molecule has 3 N–H and O–H groups in total. The predicted molar refractivity (Wildman–Crippen MR) is 112 cm³/mol. The van der Waals surface area contributed by atoms with E-state index in [2.05, 4.69) is 10.6 Å². The van der Waals surface area contributed by atoms with Crippen molar-refractivity contribution < 1.29 is 19.5 Å². The van der Waals surface area contributed by atoms with Crippen LogP contribution in [0.25, 0.3) is 0 Å². The summed E-state index contributed by atoms with van der Waals surface area (Å²) >= 11 is 7.28. The maximum atomic E-state index is 12.3. The van der Waals surface area contributed by atoms with Crippen LogP contribution in [0, 0.1) is 0 Å². The minimum atomic E-state index is -1.15. The number of rotatable bonds is 7. The van der Waals surface area contributed by atoms with Crippen molar-refractivity contribution >= 4 is 52.5 Å². The molecule has 2 aromatic rings. The highest BCUT2D eigenvalue weighted by molar-refractivity contribution is 8.00. The van der Waals surface area contributed by atoms with Crippen LogP contribution in [0.5, 0.6) is 0 Å². The first-order chi connectivity index (χ1) is 13.2. The number of carbonyl (C=O) groups is 3. The van der Waals surface area contributed by atoms with Crippen molar-refractivity contribution in [1.29, 1.82) is 0 Å². The van der Waals surface area contributed by atoms with Crippen molar-refractivity contribution in [3.8, 4) is 0 Å². The molecule has 0 spiro atoms. The molecule has 0 saturated heterocycles. The standard InChI is InChI=1S/C20H19ClN2O4S/c1-12(20(26)27)10-18(24)22-15-6-8-17(9-7-15)28-13(2)19(25)23-16-5-3-4-14(21)11-16/h3-11,13H,1-2H3,(H,22,24)(H,23,25)(H,26,27)/b12-10+. The zero-order valence-corrected chi connectivity index (χ0v) is 16.8. The van der Waals surface area contributed by atoms with Gasteiger partial charge in [-0.2, -0.15) is 0 Å². The number of halogens is 1. The molecule has 0 fully saturated rings. The number of anilines is 2. The summed E-state index contributed by atoms with van der Waals surface area (Å²) in [4.78, 5) is 35.7. The van der Waals surface area contributed by atoms with Crippen LogP contribution in [-0.2, 0) is 14.4 Å². The van der Waals surface area contributed by atoms with Gasteiger partial charge >= 0.3 is 5.97 Å². The van der Waals surface area contributed by atoms with Gasteiger partial charge in [0, 0.05) is 32.9 Å². The molecule has 1 atom stereocenters. The number of amides is 2. The molecule has 8 heteroatoms. The third-order valence-corrected chi connectivity index (χ3v) is 4.93. The topological polar surface area (TPSA) is 95.5 Å². The smallest absolute Gasteiger partial charge is 0.331 e. The van der Waals surface area contributed by atoms with Gasteiger partial charge < -0.3 is 15.7 Å². The van der Waals surface area contributed by atoms with Gasteiger partial charge in [0.15, 0.2) is 0 Å². The number of thioether (sulfide) groups is 1. The quantitative estimate of drug-likeness (QED) is 0.456. The Kier molecular flexibility index (Phi) is 7.66. The molecule has 0 saturated carbocycles. The summed E-state index contributed by atoms with van der Waals surface area (Å²) in [5, 5.41) is 14.4. The molecule has 0 radical (unpaired) electrons. The number of aliphatic carboxylic acids is 1. The molecule has 2 aromatic carbocycles. The number of carboxylic acids is 1. The molecule has 0 aliphatic rings. The maximum absolute atomic E-state index is 12.3. The lowest BCUT2D eigenvalue weighted by Gasteiger charge is -2.12. The van der Waals surface area contributed by atoms with Gasteiger partial charge in [-0.15, -0.1) is 11.8 Å². The molecule has 0 aliphatic heterocycles. The summed E-state index contributed by atoms with van der Waals surface area (Å²) in [5.41, 5.74) is 1.11. The van der Waals surface area contributed by atoms with Crippen molar-refractivity contribution in [2.24, 2.45) is 0 Å². The Balaban J connectivity index is 1.92. The summed E-state index contributed by atoms with van der Waals surface area (Å²) in [6.07, 6.45) is 1.02. The van der Waals surface area contributed by atoms with E-state index in [-0.39, 0.29) is 16.7 Å². The highest BCUT2D eigenvalue weighted by Gasteiger charge is 2.15. The zero-order chi connectivity index (χ0) is 20.7. The summed E-state index contributed by atoms with van der Waals surface area (Å²) in [5.74, 6) is -1.82. The maximum Gasteiger partial charge on any atom is 0.331 e. The Morgan fingerprint density at radius 1 is 1.07 bits per heavy atom. The molecule has 28 heavy (non-hydrogen) atoms. The lowest BCUT2D eigenvalue weighted by Crippen LogP contribution is -2.22. The molecule has 0 aromatic heterocycles. The monoisotopic (exact) mass is 418 g/mol. The van der Waals surface area contributed by atoms with Crippen LogP contribution < -0.4 is 10.6 Å². The zero-order valence-electron chi connectivity index (χ0n) is 15.2. The van der Waals surface area contributed by atoms with Crippen molar-refractivity contribution in [3.63, 3.8) is 0 Å². The van der Waals surface area contributed by atoms with E-state index in [1.54, 1.807) is 55.5 Å². The molecule has 0 aliphatic carbocycles. The van der Waals surface area contributed by atoms with Gasteiger partial charge in [0.2, 0.25) is 11.8 Å². The van der Waals surface area contributed by atoms with E-state index in [4.69, 9.17) is 16.7 Å². The fourth-order valence-electron chi connectivity index (χ4n) is 2.12. The summed E-state index contributed by atoms with van der Waals surface area (Å²) in [7, 11) is 0. The molecule has 0 bridgehead atoms. The average Bonchev–Trinajstić information content (AvgIpc) is 2.63. The molecule has 146 valence electrons. The Morgan fingerprint density at radius 3 is 2.36 bits per heavy atom. The normalized spacial score (nSPS) is 12.2. The third kappa shape index (κ3) is 6.75. The largest absolute Gasteiger partial charge is 0.478 e. The Morgan fingerprint density at radius 2 is 1.75 bits per heavy atom. The van der Waals surface area contributed by atoms with E-state index < -0.39 is 11.9 Å². The highest BCUT2D eigenvalue weighted by atomic mass is 35.5. The average molecular weight is 419 g/mol. The van der Waals surface area contributed by atoms with Gasteiger partial charge in [-0.05, 0) is 56.3 Å². The van der Waals surface area contributed by atoms with Crippen LogP contribution in [0.4, 0.5) is 11.4 Å². The first-order valence-corrected chi connectivity index (χ1v) is 9.56. The van der Waals surface area contributed by atoms with Gasteiger partial charge in [0.1, 0.15) is 0 Å². The van der Waals surface area contributed by atoms with E-state index in [0.717, 1.165) is 11.0 Å². The first kappa shape index (κ1) is 21.5. The van der Waals surface area contributed by atoms with Crippen LogP contribution in [0.2, 0.25) is 5.02 Å². The van der Waals surface area contributed by atoms with Gasteiger partial charge in [-0.3, -0.25) is 9.59 Å². The fourth-order valence-corrected chi connectivity index (χ4v) is 3.18. The van der Waals surface area contributed by atoms with Crippen LogP contribution in [-0.4, -0.2) is 28.1 Å². The second-order valence-electron chi connectivity index (χ2n) is 5.91. The number of nitrogens with one attached hydrogen (secondary N) is 2. The van der Waals surface area contributed by atoms with Gasteiger partial charge in [-0.25, -0.2) is 4.79 Å². The summed E-state index contributed by atoms with van der Waals surface area (Å²) < 4.78 is 0. The van der Waals surface area contributed by atoms with E-state index in [1.165, 1.54) is 18.7 Å². The third-order valence-electron chi connectivity index (χ3n) is 3.58. The minimum Gasteiger partial charge on any atom is -0.478 e. The van der Waals surface area contributed by atoms with Gasteiger partial charge in [-0.1, -0.05) is 17.7 Å². The molecule has 6 nitrogen and oxygen atoms in total. The fraction of sp³-hybridized carbons (Fsp3) is 0.150. The van der Waals surface area contributed by atoms with Gasteiger partial charge in [0.25, 0.3) is 0 Å². The van der Waals surface area contributed by atoms with Crippen LogP contribution >= 0.6 is 23.4 Å². The van der Waals surface area contributed by atoms with Crippen LogP contribution in [0.15, 0.2) is 65.1 Å². The van der Waals surface area contributed by atoms with Crippen LogP contribution in [0.1, 0.15) is 13.8 Å². The Hall–Kier alpha value is -2.77. The SMILES string of the molecule is C/C(=C\C(=O)Nc1ccc(SC(C)C(=O)Nc2cccc(Cl)c2)cc1)C(=O)O. The number of carboxylic acid groups (broad SMARTS) is 1. The minimum absolute atomic E-state index is 0.0517. The summed E-state index contributed by atoms with van der Waals surface area (Å²) in [6, 6.07) is 13.9.